The number of ether oxygens (including phenoxy) is 1. The Morgan fingerprint density at radius 3 is 2.67 bits per heavy atom. The van der Waals surface area contributed by atoms with Crippen LogP contribution in [-0.4, -0.2) is 13.7 Å². The summed E-state index contributed by atoms with van der Waals surface area (Å²) in [5.41, 5.74) is 2.77. The molecule has 0 amide bonds. The first-order valence-electron chi connectivity index (χ1n) is 6.90. The molecule has 0 aromatic heterocycles. The third-order valence-corrected chi connectivity index (χ3v) is 3.94. The van der Waals surface area contributed by atoms with Gasteiger partial charge in [0.25, 0.3) is 0 Å². The number of rotatable bonds is 5. The molecular weight excluding hydrogens is 289 g/mol. The summed E-state index contributed by atoms with van der Waals surface area (Å²) in [4.78, 5) is 0. The van der Waals surface area contributed by atoms with Crippen molar-refractivity contribution in [1.29, 1.82) is 0 Å². The second-order valence-electron chi connectivity index (χ2n) is 4.83. The van der Waals surface area contributed by atoms with Gasteiger partial charge in [-0.1, -0.05) is 30.7 Å². The van der Waals surface area contributed by atoms with Gasteiger partial charge in [-0.05, 0) is 48.9 Å². The summed E-state index contributed by atoms with van der Waals surface area (Å²) in [6, 6.07) is 10.1. The SMILES string of the molecule is CCNC(c1cc(F)ccc1OC)c1cccc(Cl)c1C. The highest BCUT2D eigenvalue weighted by Gasteiger charge is 2.20. The van der Waals surface area contributed by atoms with Crippen molar-refractivity contribution < 1.29 is 9.13 Å². The zero-order valence-electron chi connectivity index (χ0n) is 12.4. The summed E-state index contributed by atoms with van der Waals surface area (Å²) >= 11 is 6.22. The number of nitrogens with one attached hydrogen (secondary N) is 1. The third-order valence-electron chi connectivity index (χ3n) is 3.53. The Morgan fingerprint density at radius 2 is 2.00 bits per heavy atom. The van der Waals surface area contributed by atoms with Crippen LogP contribution < -0.4 is 10.1 Å². The van der Waals surface area contributed by atoms with Crippen molar-refractivity contribution in [3.63, 3.8) is 0 Å². The predicted octanol–water partition coefficient (Wildman–Crippen LogP) is 4.50. The molecule has 0 aliphatic carbocycles. The molecule has 2 nitrogen and oxygen atoms in total. The standard InChI is InChI=1S/C17H19ClFNO/c1-4-20-17(13-6-5-7-15(18)11(13)2)14-10-12(19)8-9-16(14)21-3/h5-10,17,20H,4H2,1-3H3. The van der Waals surface area contributed by atoms with Crippen LogP contribution in [0, 0.1) is 12.7 Å². The summed E-state index contributed by atoms with van der Waals surface area (Å²) in [5.74, 6) is 0.370. The van der Waals surface area contributed by atoms with Gasteiger partial charge in [-0.15, -0.1) is 0 Å². The highest BCUT2D eigenvalue weighted by molar-refractivity contribution is 6.31. The molecule has 0 fully saturated rings. The van der Waals surface area contributed by atoms with E-state index in [4.69, 9.17) is 16.3 Å². The summed E-state index contributed by atoms with van der Waals surface area (Å²) in [7, 11) is 1.59. The van der Waals surface area contributed by atoms with Crippen LogP contribution in [0.5, 0.6) is 5.75 Å². The molecule has 1 unspecified atom stereocenters. The highest BCUT2D eigenvalue weighted by Crippen LogP contribution is 2.34. The van der Waals surface area contributed by atoms with E-state index in [-0.39, 0.29) is 11.9 Å². The molecule has 2 aromatic carbocycles. The van der Waals surface area contributed by atoms with Crippen molar-refractivity contribution in [3.8, 4) is 5.75 Å². The Hall–Kier alpha value is -1.58. The lowest BCUT2D eigenvalue weighted by Gasteiger charge is -2.23. The fourth-order valence-corrected chi connectivity index (χ4v) is 2.64. The average Bonchev–Trinajstić information content (AvgIpc) is 2.48. The van der Waals surface area contributed by atoms with Crippen molar-refractivity contribution in [2.45, 2.75) is 19.9 Å². The molecule has 2 aromatic rings. The molecule has 21 heavy (non-hydrogen) atoms. The highest BCUT2D eigenvalue weighted by atomic mass is 35.5. The van der Waals surface area contributed by atoms with E-state index in [1.165, 1.54) is 12.1 Å². The van der Waals surface area contributed by atoms with Gasteiger partial charge < -0.3 is 10.1 Å². The predicted molar refractivity (Wildman–Crippen MR) is 84.7 cm³/mol. The van der Waals surface area contributed by atoms with Crippen LogP contribution in [0.2, 0.25) is 5.02 Å². The molecule has 0 aliphatic heterocycles. The molecule has 2 rings (SSSR count). The third kappa shape index (κ3) is 3.36. The normalized spacial score (nSPS) is 12.2. The molecule has 0 radical (unpaired) electrons. The van der Waals surface area contributed by atoms with E-state index in [1.54, 1.807) is 13.2 Å². The number of benzene rings is 2. The Labute approximate surface area is 129 Å². The molecule has 112 valence electrons. The zero-order valence-corrected chi connectivity index (χ0v) is 13.2. The lowest BCUT2D eigenvalue weighted by Crippen LogP contribution is -2.23. The maximum Gasteiger partial charge on any atom is 0.124 e. The first-order valence-corrected chi connectivity index (χ1v) is 7.28. The maximum absolute atomic E-state index is 13.7. The van der Waals surface area contributed by atoms with Crippen LogP contribution in [0.15, 0.2) is 36.4 Å². The lowest BCUT2D eigenvalue weighted by atomic mass is 9.94. The monoisotopic (exact) mass is 307 g/mol. The molecule has 0 saturated heterocycles. The van der Waals surface area contributed by atoms with E-state index in [0.29, 0.717) is 10.8 Å². The lowest BCUT2D eigenvalue weighted by molar-refractivity contribution is 0.402. The average molecular weight is 308 g/mol. The van der Waals surface area contributed by atoms with Crippen LogP contribution in [-0.2, 0) is 0 Å². The molecule has 1 N–H and O–H groups in total. The molecule has 0 bridgehead atoms. The van der Waals surface area contributed by atoms with Crippen molar-refractivity contribution in [2.24, 2.45) is 0 Å². The van der Waals surface area contributed by atoms with Gasteiger partial charge in [0.1, 0.15) is 11.6 Å². The number of methoxy groups -OCH3 is 1. The fraction of sp³-hybridized carbons (Fsp3) is 0.294. The van der Waals surface area contributed by atoms with E-state index in [0.717, 1.165) is 23.2 Å². The van der Waals surface area contributed by atoms with Crippen molar-refractivity contribution in [3.05, 3.63) is 63.9 Å². The molecule has 0 spiro atoms. The van der Waals surface area contributed by atoms with Gasteiger partial charge in [-0.25, -0.2) is 4.39 Å². The second-order valence-corrected chi connectivity index (χ2v) is 5.24. The van der Waals surface area contributed by atoms with Crippen molar-refractivity contribution >= 4 is 11.6 Å². The van der Waals surface area contributed by atoms with Crippen molar-refractivity contribution in [1.82, 2.24) is 5.32 Å². The minimum absolute atomic E-state index is 0.167. The van der Waals surface area contributed by atoms with Crippen molar-refractivity contribution in [2.75, 3.05) is 13.7 Å². The van der Waals surface area contributed by atoms with Crippen LogP contribution in [0.3, 0.4) is 0 Å². The Balaban J connectivity index is 2.58. The maximum atomic E-state index is 13.7. The second kappa shape index (κ2) is 6.92. The topological polar surface area (TPSA) is 21.3 Å². The molecule has 1 atom stereocenters. The summed E-state index contributed by atoms with van der Waals surface area (Å²) < 4.78 is 19.0. The van der Waals surface area contributed by atoms with Crippen LogP contribution in [0.25, 0.3) is 0 Å². The fourth-order valence-electron chi connectivity index (χ4n) is 2.46. The largest absolute Gasteiger partial charge is 0.496 e. The van der Waals surface area contributed by atoms with Gasteiger partial charge in [0, 0.05) is 10.6 Å². The Bertz CT molecular complexity index is 630. The summed E-state index contributed by atoms with van der Waals surface area (Å²) in [5, 5.41) is 4.08. The quantitative estimate of drug-likeness (QED) is 0.878. The molecule has 0 heterocycles. The van der Waals surface area contributed by atoms with Gasteiger partial charge >= 0.3 is 0 Å². The van der Waals surface area contributed by atoms with Gasteiger partial charge in [0.2, 0.25) is 0 Å². The minimum Gasteiger partial charge on any atom is -0.496 e. The van der Waals surface area contributed by atoms with Gasteiger partial charge in [-0.2, -0.15) is 0 Å². The van der Waals surface area contributed by atoms with Gasteiger partial charge in [0.05, 0.1) is 13.2 Å². The van der Waals surface area contributed by atoms with E-state index in [2.05, 4.69) is 5.32 Å². The van der Waals surface area contributed by atoms with E-state index < -0.39 is 0 Å². The van der Waals surface area contributed by atoms with E-state index >= 15 is 0 Å². The van der Waals surface area contributed by atoms with Gasteiger partial charge in [0.15, 0.2) is 0 Å². The molecule has 0 aliphatic rings. The number of hydrogen-bond acceptors (Lipinski definition) is 2. The first kappa shape index (κ1) is 15.8. The number of halogens is 2. The Morgan fingerprint density at radius 1 is 1.24 bits per heavy atom. The zero-order chi connectivity index (χ0) is 15.4. The van der Waals surface area contributed by atoms with Crippen LogP contribution in [0.1, 0.15) is 29.7 Å². The molecular formula is C17H19ClFNO. The Kier molecular flexibility index (Phi) is 5.21. The van der Waals surface area contributed by atoms with E-state index in [1.807, 2.05) is 32.0 Å². The summed E-state index contributed by atoms with van der Waals surface area (Å²) in [6.45, 7) is 4.72. The molecule has 0 saturated carbocycles. The minimum atomic E-state index is -0.284. The molecule has 4 heteroatoms. The number of hydrogen-bond donors (Lipinski definition) is 1. The first-order chi connectivity index (χ1) is 10.1. The van der Waals surface area contributed by atoms with Gasteiger partial charge in [-0.3, -0.25) is 0 Å². The van der Waals surface area contributed by atoms with E-state index in [9.17, 15) is 4.39 Å². The van der Waals surface area contributed by atoms with Crippen LogP contribution >= 0.6 is 11.6 Å². The van der Waals surface area contributed by atoms with Crippen LogP contribution in [0.4, 0.5) is 4.39 Å². The summed E-state index contributed by atoms with van der Waals surface area (Å²) in [6.07, 6.45) is 0. The smallest absolute Gasteiger partial charge is 0.124 e.